The Labute approximate surface area is 155 Å². The van der Waals surface area contributed by atoms with Crippen molar-refractivity contribution in [1.29, 1.82) is 0 Å². The molecular formula is C16H22N6O3S. The minimum atomic E-state index is -0.198. The molecule has 2 amide bonds. The average Bonchev–Trinajstić information content (AvgIpc) is 3.24. The zero-order chi connectivity index (χ0) is 18.5. The molecule has 0 bridgehead atoms. The number of piperidine rings is 1. The monoisotopic (exact) mass is 378 g/mol. The number of thioether (sulfide) groups is 1. The molecule has 0 unspecified atom stereocenters. The second-order valence-corrected chi connectivity index (χ2v) is 7.28. The Kier molecular flexibility index (Phi) is 5.92. The standard InChI is InChI=1S/C16H22N6O3S/c1-11-3-4-13(25-11)15(24)17-12-5-8-22(9-6-12)14(23)7-10-26-16-18-19-20-21(16)2/h3-4,12H,5-10H2,1-2H3,(H,17,24). The van der Waals surface area contributed by atoms with Crippen LogP contribution in [0.4, 0.5) is 0 Å². The number of nitrogens with one attached hydrogen (secondary N) is 1. The summed E-state index contributed by atoms with van der Waals surface area (Å²) in [5.74, 6) is 1.61. The highest BCUT2D eigenvalue weighted by atomic mass is 32.2. The molecule has 3 rings (SSSR count). The van der Waals surface area contributed by atoms with Crippen molar-refractivity contribution < 1.29 is 14.0 Å². The topological polar surface area (TPSA) is 106 Å². The summed E-state index contributed by atoms with van der Waals surface area (Å²) in [5.41, 5.74) is 0. The highest BCUT2D eigenvalue weighted by molar-refractivity contribution is 7.99. The highest BCUT2D eigenvalue weighted by Gasteiger charge is 2.24. The predicted molar refractivity (Wildman–Crippen MR) is 94.7 cm³/mol. The molecule has 140 valence electrons. The summed E-state index contributed by atoms with van der Waals surface area (Å²) in [4.78, 5) is 26.3. The van der Waals surface area contributed by atoms with Gasteiger partial charge in [-0.05, 0) is 42.3 Å². The lowest BCUT2D eigenvalue weighted by Crippen LogP contribution is -2.46. The van der Waals surface area contributed by atoms with Gasteiger partial charge in [-0.2, -0.15) is 0 Å². The maximum absolute atomic E-state index is 12.3. The van der Waals surface area contributed by atoms with E-state index < -0.39 is 0 Å². The number of nitrogens with zero attached hydrogens (tertiary/aromatic N) is 5. The number of aryl methyl sites for hydroxylation is 2. The molecule has 0 aliphatic carbocycles. The molecule has 9 nitrogen and oxygen atoms in total. The van der Waals surface area contributed by atoms with E-state index in [1.165, 1.54) is 11.8 Å². The molecule has 2 aromatic heterocycles. The quantitative estimate of drug-likeness (QED) is 0.748. The number of amides is 2. The Morgan fingerprint density at radius 2 is 2.12 bits per heavy atom. The summed E-state index contributed by atoms with van der Waals surface area (Å²) in [5, 5.41) is 14.9. The van der Waals surface area contributed by atoms with Crippen LogP contribution in [0, 0.1) is 6.92 Å². The fourth-order valence-corrected chi connectivity index (χ4v) is 3.59. The van der Waals surface area contributed by atoms with Crippen LogP contribution in [0.5, 0.6) is 0 Å². The van der Waals surface area contributed by atoms with Gasteiger partial charge in [-0.1, -0.05) is 11.8 Å². The number of rotatable bonds is 6. The molecule has 1 saturated heterocycles. The van der Waals surface area contributed by atoms with Gasteiger partial charge < -0.3 is 14.6 Å². The first-order valence-corrected chi connectivity index (χ1v) is 9.51. The van der Waals surface area contributed by atoms with E-state index in [2.05, 4.69) is 20.8 Å². The van der Waals surface area contributed by atoms with Crippen LogP contribution in [0.1, 0.15) is 35.6 Å². The first kappa shape index (κ1) is 18.4. The van der Waals surface area contributed by atoms with Gasteiger partial charge in [-0.3, -0.25) is 9.59 Å². The van der Waals surface area contributed by atoms with E-state index >= 15 is 0 Å². The number of furan rings is 1. The van der Waals surface area contributed by atoms with Crippen molar-refractivity contribution in [1.82, 2.24) is 30.4 Å². The van der Waals surface area contributed by atoms with Crippen molar-refractivity contribution in [3.05, 3.63) is 23.7 Å². The van der Waals surface area contributed by atoms with E-state index in [1.54, 1.807) is 30.8 Å². The van der Waals surface area contributed by atoms with E-state index in [1.807, 2.05) is 4.90 Å². The molecule has 0 saturated carbocycles. The second-order valence-electron chi connectivity index (χ2n) is 6.22. The van der Waals surface area contributed by atoms with Crippen molar-refractivity contribution in [2.75, 3.05) is 18.8 Å². The zero-order valence-electron chi connectivity index (χ0n) is 14.8. The van der Waals surface area contributed by atoms with Gasteiger partial charge in [0.2, 0.25) is 11.1 Å². The molecule has 0 radical (unpaired) electrons. The first-order chi connectivity index (χ1) is 12.5. The van der Waals surface area contributed by atoms with E-state index in [-0.39, 0.29) is 17.9 Å². The molecular weight excluding hydrogens is 356 g/mol. The maximum atomic E-state index is 12.3. The lowest BCUT2D eigenvalue weighted by molar-refractivity contribution is -0.131. The van der Waals surface area contributed by atoms with Crippen molar-refractivity contribution in [2.45, 2.75) is 37.4 Å². The third-order valence-corrected chi connectivity index (χ3v) is 5.29. The molecule has 3 heterocycles. The van der Waals surface area contributed by atoms with Crippen LogP contribution in [0.25, 0.3) is 0 Å². The molecule has 0 aromatic carbocycles. The number of likely N-dealkylation sites (tertiary alicyclic amines) is 1. The van der Waals surface area contributed by atoms with Gasteiger partial charge in [0.25, 0.3) is 5.91 Å². The van der Waals surface area contributed by atoms with Crippen LogP contribution in [0.15, 0.2) is 21.7 Å². The van der Waals surface area contributed by atoms with Gasteiger partial charge in [-0.15, -0.1) is 5.10 Å². The SMILES string of the molecule is Cc1ccc(C(=O)NC2CCN(C(=O)CCSc3nnnn3C)CC2)o1. The minimum absolute atomic E-state index is 0.0658. The van der Waals surface area contributed by atoms with Crippen LogP contribution in [0.2, 0.25) is 0 Å². The Hall–Kier alpha value is -2.36. The molecule has 1 aliphatic heterocycles. The normalized spacial score (nSPS) is 15.2. The van der Waals surface area contributed by atoms with Gasteiger partial charge in [-0.25, -0.2) is 4.68 Å². The molecule has 10 heteroatoms. The van der Waals surface area contributed by atoms with Crippen molar-refractivity contribution >= 4 is 23.6 Å². The number of aromatic nitrogens is 4. The van der Waals surface area contributed by atoms with Crippen LogP contribution < -0.4 is 5.32 Å². The summed E-state index contributed by atoms with van der Waals surface area (Å²) in [7, 11) is 1.77. The molecule has 0 atom stereocenters. The Morgan fingerprint density at radius 1 is 1.35 bits per heavy atom. The number of tetrazole rings is 1. The van der Waals surface area contributed by atoms with E-state index in [0.29, 0.717) is 41.9 Å². The average molecular weight is 378 g/mol. The molecule has 26 heavy (non-hydrogen) atoms. The van der Waals surface area contributed by atoms with E-state index in [9.17, 15) is 9.59 Å². The third kappa shape index (κ3) is 4.63. The van der Waals surface area contributed by atoms with Crippen molar-refractivity contribution in [2.24, 2.45) is 7.05 Å². The summed E-state index contributed by atoms with van der Waals surface area (Å²) >= 11 is 1.47. The van der Waals surface area contributed by atoms with Crippen molar-refractivity contribution in [3.8, 4) is 0 Å². The highest BCUT2D eigenvalue weighted by Crippen LogP contribution is 2.17. The van der Waals surface area contributed by atoms with Gasteiger partial charge in [0, 0.05) is 38.4 Å². The molecule has 2 aromatic rings. The van der Waals surface area contributed by atoms with Gasteiger partial charge in [0.1, 0.15) is 5.76 Å². The number of carbonyl (C=O) groups is 2. The third-order valence-electron chi connectivity index (χ3n) is 4.28. The molecule has 1 fully saturated rings. The fourth-order valence-electron chi connectivity index (χ4n) is 2.82. The fraction of sp³-hybridized carbons (Fsp3) is 0.562. The number of carbonyl (C=O) groups excluding carboxylic acids is 2. The predicted octanol–water partition coefficient (Wildman–Crippen LogP) is 1.01. The minimum Gasteiger partial charge on any atom is -0.456 e. The van der Waals surface area contributed by atoms with Gasteiger partial charge in [0.05, 0.1) is 0 Å². The molecule has 1 aliphatic rings. The lowest BCUT2D eigenvalue weighted by Gasteiger charge is -2.32. The summed E-state index contributed by atoms with van der Waals surface area (Å²) in [6.07, 6.45) is 1.94. The Bertz CT molecular complexity index is 766. The number of hydrogen-bond acceptors (Lipinski definition) is 7. The molecule has 1 N–H and O–H groups in total. The lowest BCUT2D eigenvalue weighted by atomic mass is 10.0. The van der Waals surface area contributed by atoms with Crippen LogP contribution in [0.3, 0.4) is 0 Å². The van der Waals surface area contributed by atoms with Crippen molar-refractivity contribution in [3.63, 3.8) is 0 Å². The smallest absolute Gasteiger partial charge is 0.287 e. The first-order valence-electron chi connectivity index (χ1n) is 8.53. The maximum Gasteiger partial charge on any atom is 0.287 e. The largest absolute Gasteiger partial charge is 0.456 e. The van der Waals surface area contributed by atoms with E-state index in [4.69, 9.17) is 4.42 Å². The Morgan fingerprint density at radius 3 is 2.73 bits per heavy atom. The molecule has 0 spiro atoms. The summed E-state index contributed by atoms with van der Waals surface area (Å²) in [6.45, 7) is 3.11. The second kappa shape index (κ2) is 8.35. The Balaban J connectivity index is 1.38. The zero-order valence-corrected chi connectivity index (χ0v) is 15.7. The number of hydrogen-bond donors (Lipinski definition) is 1. The summed E-state index contributed by atoms with van der Waals surface area (Å²) < 4.78 is 6.92. The summed E-state index contributed by atoms with van der Waals surface area (Å²) in [6, 6.07) is 3.51. The van der Waals surface area contributed by atoms with Crippen LogP contribution >= 0.6 is 11.8 Å². The van der Waals surface area contributed by atoms with Crippen LogP contribution in [-0.2, 0) is 11.8 Å². The van der Waals surface area contributed by atoms with Gasteiger partial charge >= 0.3 is 0 Å². The van der Waals surface area contributed by atoms with Gasteiger partial charge in [0.15, 0.2) is 5.76 Å². The van der Waals surface area contributed by atoms with E-state index in [0.717, 1.165) is 12.8 Å². The van der Waals surface area contributed by atoms with Crippen LogP contribution in [-0.4, -0.2) is 61.8 Å².